The number of hydrogen-bond acceptors (Lipinski definition) is 5. The summed E-state index contributed by atoms with van der Waals surface area (Å²) in [7, 11) is -3.76. The predicted molar refractivity (Wildman–Crippen MR) is 97.0 cm³/mol. The molecule has 0 bridgehead atoms. The predicted octanol–water partition coefficient (Wildman–Crippen LogP) is 2.55. The number of sulfonamides is 1. The van der Waals surface area contributed by atoms with Gasteiger partial charge in [0.1, 0.15) is 5.37 Å². The number of Topliss-reactive ketones (excluding diaryl/α,β-unsaturated/α-hetero) is 1. The van der Waals surface area contributed by atoms with Crippen LogP contribution in [0.1, 0.15) is 28.2 Å². The van der Waals surface area contributed by atoms with Gasteiger partial charge in [0, 0.05) is 11.3 Å². The highest BCUT2D eigenvalue weighted by Gasteiger charge is 2.23. The zero-order valence-corrected chi connectivity index (χ0v) is 15.0. The molecule has 6 nitrogen and oxygen atoms in total. The highest BCUT2D eigenvalue weighted by molar-refractivity contribution is 8.00. The SMILES string of the molecule is CC(=O)c1ccc(S(=O)(=O)Nc2cccc([C@H]3NC(=O)CS3)c2)cc1. The van der Waals surface area contributed by atoms with Gasteiger partial charge < -0.3 is 5.32 Å². The lowest BCUT2D eigenvalue weighted by atomic mass is 10.2. The Hall–Kier alpha value is -2.32. The van der Waals surface area contributed by atoms with Gasteiger partial charge >= 0.3 is 0 Å². The highest BCUT2D eigenvalue weighted by atomic mass is 32.2. The van der Waals surface area contributed by atoms with Crippen molar-refractivity contribution >= 4 is 39.2 Å². The smallest absolute Gasteiger partial charge is 0.261 e. The molecule has 1 amide bonds. The molecular formula is C17H16N2O4S2. The van der Waals surface area contributed by atoms with Crippen LogP contribution in [0.3, 0.4) is 0 Å². The topological polar surface area (TPSA) is 92.3 Å². The van der Waals surface area contributed by atoms with Gasteiger partial charge in [-0.05, 0) is 36.8 Å². The van der Waals surface area contributed by atoms with Crippen LogP contribution >= 0.6 is 11.8 Å². The Morgan fingerprint density at radius 3 is 2.52 bits per heavy atom. The van der Waals surface area contributed by atoms with Gasteiger partial charge in [0.2, 0.25) is 5.91 Å². The van der Waals surface area contributed by atoms with Gasteiger partial charge in [0.25, 0.3) is 10.0 Å². The Balaban J connectivity index is 1.81. The molecule has 8 heteroatoms. The second-order valence-electron chi connectivity index (χ2n) is 5.57. The number of amides is 1. The molecular weight excluding hydrogens is 360 g/mol. The van der Waals surface area contributed by atoms with Gasteiger partial charge in [-0.3, -0.25) is 14.3 Å². The molecule has 130 valence electrons. The van der Waals surface area contributed by atoms with Crippen molar-refractivity contribution in [1.29, 1.82) is 0 Å². The molecule has 1 aliphatic rings. The first kappa shape index (κ1) is 17.5. The molecule has 2 aromatic carbocycles. The fourth-order valence-electron chi connectivity index (χ4n) is 2.42. The van der Waals surface area contributed by atoms with Crippen LogP contribution < -0.4 is 10.0 Å². The van der Waals surface area contributed by atoms with Gasteiger partial charge in [-0.25, -0.2) is 8.42 Å². The van der Waals surface area contributed by atoms with E-state index in [2.05, 4.69) is 10.0 Å². The molecule has 0 spiro atoms. The van der Waals surface area contributed by atoms with Crippen molar-refractivity contribution in [2.75, 3.05) is 10.5 Å². The Kier molecular flexibility index (Phi) is 4.82. The number of anilines is 1. The number of nitrogens with one attached hydrogen (secondary N) is 2. The van der Waals surface area contributed by atoms with Crippen molar-refractivity contribution in [1.82, 2.24) is 5.32 Å². The summed E-state index contributed by atoms with van der Waals surface area (Å²) < 4.78 is 27.5. The third-order valence-electron chi connectivity index (χ3n) is 3.69. The number of carbonyl (C=O) groups excluding carboxylic acids is 2. The minimum absolute atomic E-state index is 0.0356. The lowest BCUT2D eigenvalue weighted by Crippen LogP contribution is -2.19. The maximum absolute atomic E-state index is 12.5. The summed E-state index contributed by atoms with van der Waals surface area (Å²) in [6.07, 6.45) is 0. The molecule has 0 aliphatic carbocycles. The van der Waals surface area contributed by atoms with Crippen LogP contribution in [0, 0.1) is 0 Å². The monoisotopic (exact) mass is 376 g/mol. The van der Waals surface area contributed by atoms with Gasteiger partial charge in [-0.2, -0.15) is 0 Å². The molecule has 1 fully saturated rings. The van der Waals surface area contributed by atoms with Crippen LogP contribution in [0.15, 0.2) is 53.4 Å². The molecule has 1 saturated heterocycles. The first-order chi connectivity index (χ1) is 11.8. The number of carbonyl (C=O) groups is 2. The van der Waals surface area contributed by atoms with Crippen molar-refractivity contribution in [2.24, 2.45) is 0 Å². The minimum Gasteiger partial charge on any atom is -0.339 e. The largest absolute Gasteiger partial charge is 0.339 e. The summed E-state index contributed by atoms with van der Waals surface area (Å²) in [5, 5.41) is 2.65. The van der Waals surface area contributed by atoms with Crippen molar-refractivity contribution in [3.63, 3.8) is 0 Å². The molecule has 1 aliphatic heterocycles. The third kappa shape index (κ3) is 4.02. The lowest BCUT2D eigenvalue weighted by molar-refractivity contribution is -0.118. The van der Waals surface area contributed by atoms with Gasteiger partial charge in [0.05, 0.1) is 10.6 Å². The first-order valence-electron chi connectivity index (χ1n) is 7.50. The molecule has 0 aromatic heterocycles. The summed E-state index contributed by atoms with van der Waals surface area (Å²) in [6, 6.07) is 12.7. The molecule has 1 atom stereocenters. The fraction of sp³-hybridized carbons (Fsp3) is 0.176. The summed E-state index contributed by atoms with van der Waals surface area (Å²) in [5.74, 6) is 0.232. The van der Waals surface area contributed by atoms with Crippen molar-refractivity contribution in [3.05, 3.63) is 59.7 Å². The van der Waals surface area contributed by atoms with E-state index in [9.17, 15) is 18.0 Å². The average molecular weight is 376 g/mol. The standard InChI is InChI=1S/C17H16N2O4S2/c1-11(20)12-5-7-15(8-6-12)25(22,23)19-14-4-2-3-13(9-14)17-18-16(21)10-24-17/h2-9,17,19H,10H2,1H3,(H,18,21)/t17-/m0/s1. The van der Waals surface area contributed by atoms with E-state index < -0.39 is 10.0 Å². The molecule has 3 rings (SSSR count). The van der Waals surface area contributed by atoms with E-state index in [1.807, 2.05) is 6.07 Å². The number of ketones is 1. The van der Waals surface area contributed by atoms with Gasteiger partial charge in [-0.15, -0.1) is 11.8 Å². The maximum atomic E-state index is 12.5. The lowest BCUT2D eigenvalue weighted by Gasteiger charge is -2.13. The normalized spacial score (nSPS) is 17.2. The Bertz CT molecular complexity index is 924. The first-order valence-corrected chi connectivity index (χ1v) is 10.0. The van der Waals surface area contributed by atoms with Crippen LogP contribution in [0.2, 0.25) is 0 Å². The van der Waals surface area contributed by atoms with Crippen molar-refractivity contribution < 1.29 is 18.0 Å². The second-order valence-corrected chi connectivity index (χ2v) is 8.35. The number of thioether (sulfide) groups is 1. The van der Waals surface area contributed by atoms with Crippen LogP contribution in [-0.2, 0) is 14.8 Å². The summed E-state index contributed by atoms with van der Waals surface area (Å²) in [4.78, 5) is 22.7. The molecule has 0 saturated carbocycles. The Morgan fingerprint density at radius 2 is 1.92 bits per heavy atom. The van der Waals surface area contributed by atoms with Crippen LogP contribution in [0.5, 0.6) is 0 Å². The Morgan fingerprint density at radius 1 is 1.20 bits per heavy atom. The molecule has 2 N–H and O–H groups in total. The van der Waals surface area contributed by atoms with E-state index in [-0.39, 0.29) is 22.0 Å². The molecule has 25 heavy (non-hydrogen) atoms. The van der Waals surface area contributed by atoms with E-state index in [4.69, 9.17) is 0 Å². The van der Waals surface area contributed by atoms with Crippen LogP contribution in [0.4, 0.5) is 5.69 Å². The summed E-state index contributed by atoms with van der Waals surface area (Å²) >= 11 is 1.46. The summed E-state index contributed by atoms with van der Waals surface area (Å²) in [5.41, 5.74) is 1.69. The van der Waals surface area contributed by atoms with E-state index in [1.165, 1.54) is 43.0 Å². The van der Waals surface area contributed by atoms with Crippen molar-refractivity contribution in [2.45, 2.75) is 17.2 Å². The average Bonchev–Trinajstić information content (AvgIpc) is 3.01. The van der Waals surface area contributed by atoms with E-state index in [0.29, 0.717) is 17.0 Å². The maximum Gasteiger partial charge on any atom is 0.261 e. The van der Waals surface area contributed by atoms with Gasteiger partial charge in [0.15, 0.2) is 5.78 Å². The minimum atomic E-state index is -3.76. The molecule has 1 heterocycles. The number of hydrogen-bond donors (Lipinski definition) is 2. The zero-order valence-electron chi connectivity index (χ0n) is 13.4. The number of rotatable bonds is 5. The highest BCUT2D eigenvalue weighted by Crippen LogP contribution is 2.32. The van der Waals surface area contributed by atoms with Gasteiger partial charge in [-0.1, -0.05) is 24.3 Å². The molecule has 2 aromatic rings. The van der Waals surface area contributed by atoms with E-state index in [1.54, 1.807) is 18.2 Å². The summed E-state index contributed by atoms with van der Waals surface area (Å²) in [6.45, 7) is 1.42. The second kappa shape index (κ2) is 6.89. The van der Waals surface area contributed by atoms with Crippen LogP contribution in [0.25, 0.3) is 0 Å². The van der Waals surface area contributed by atoms with E-state index in [0.717, 1.165) is 5.56 Å². The third-order valence-corrected chi connectivity index (χ3v) is 6.24. The van der Waals surface area contributed by atoms with Crippen LogP contribution in [-0.4, -0.2) is 25.9 Å². The van der Waals surface area contributed by atoms with E-state index >= 15 is 0 Å². The fourth-order valence-corrected chi connectivity index (χ4v) is 4.42. The molecule has 0 unspecified atom stereocenters. The molecule has 0 radical (unpaired) electrons. The zero-order chi connectivity index (χ0) is 18.0. The Labute approximate surface area is 150 Å². The number of benzene rings is 2. The quantitative estimate of drug-likeness (QED) is 0.783. The van der Waals surface area contributed by atoms with Crippen molar-refractivity contribution in [3.8, 4) is 0 Å².